The first-order valence-electron chi connectivity index (χ1n) is 11.5. The van der Waals surface area contributed by atoms with Crippen molar-refractivity contribution in [2.45, 2.75) is 44.1 Å². The monoisotopic (exact) mass is 505 g/mol. The van der Waals surface area contributed by atoms with Crippen LogP contribution in [0.5, 0.6) is 0 Å². The molecule has 3 unspecified atom stereocenters. The first-order valence-corrected chi connectivity index (χ1v) is 12.3. The number of rotatable bonds is 3. The third-order valence-corrected chi connectivity index (χ3v) is 7.85. The number of fused-ring (bicyclic) bond motifs is 1. The maximum Gasteiger partial charge on any atom is 0.192 e. The van der Waals surface area contributed by atoms with E-state index in [4.69, 9.17) is 27.2 Å². The van der Waals surface area contributed by atoms with Crippen LogP contribution in [0.1, 0.15) is 48.6 Å². The van der Waals surface area contributed by atoms with E-state index in [0.29, 0.717) is 16.5 Å². The van der Waals surface area contributed by atoms with Crippen molar-refractivity contribution in [1.82, 2.24) is 15.1 Å². The zero-order valence-corrected chi connectivity index (χ0v) is 21.6. The number of hydrogen-bond donors (Lipinski definition) is 5. The molecule has 3 atom stereocenters. The van der Waals surface area contributed by atoms with Crippen LogP contribution in [-0.2, 0) is 10.2 Å². The molecule has 1 fully saturated rings. The number of carbonyl (C=O) groups excluding carboxylic acids is 1. The number of aliphatic hydroxyl groups excluding tert-OH is 1. The van der Waals surface area contributed by atoms with Gasteiger partial charge in [0, 0.05) is 57.0 Å². The predicted octanol–water partition coefficient (Wildman–Crippen LogP) is 2.00. The molecule has 192 valence electrons. The first kappa shape index (κ1) is 28.3. The first-order chi connectivity index (χ1) is 16.6. The third kappa shape index (κ3) is 6.01. The van der Waals surface area contributed by atoms with Crippen LogP contribution in [0, 0.1) is 16.7 Å². The summed E-state index contributed by atoms with van der Waals surface area (Å²) >= 11 is 1.46. The lowest BCUT2D eigenvalue weighted by Crippen LogP contribution is -2.46. The molecular weight excluding hydrogens is 469 g/mol. The fraction of sp³-hybridized carbons (Fsp3) is 0.542. The van der Waals surface area contributed by atoms with Crippen molar-refractivity contribution in [2.75, 3.05) is 46.1 Å². The highest BCUT2D eigenvalue weighted by Crippen LogP contribution is 2.49. The number of carbonyl (C=O) groups is 1. The number of allylic oxidation sites excluding steroid dienone is 1. The van der Waals surface area contributed by atoms with Gasteiger partial charge in [-0.1, -0.05) is 6.92 Å². The lowest BCUT2D eigenvalue weighted by Gasteiger charge is -2.35. The fourth-order valence-corrected chi connectivity index (χ4v) is 5.72. The SMILES string of the molecule is CC1CCC(C)(C=O)c2c1sc(N)c2C#N.CN1C(F)=CC(N2CCNCC2)=CC1C(=N)N.CO. The van der Waals surface area contributed by atoms with E-state index >= 15 is 0 Å². The lowest BCUT2D eigenvalue weighted by atomic mass is 9.71. The minimum atomic E-state index is -0.527. The molecule has 1 aliphatic carbocycles. The standard InChI is InChI=1S/C12H14N2OS.C11H18FN5.CH4O/c1-7-3-4-12(2,6-15)9-8(5-13)11(14)16-10(7)9;1-16-9(11(13)14)6-8(7-10(16)12)17-4-2-15-3-5-17;1-2/h6-7H,3-4,14H2,1-2H3;6-7,9,15H,2-5H2,1H3,(H3,13,14);2H,1H3. The van der Waals surface area contributed by atoms with E-state index < -0.39 is 11.5 Å². The second-order valence-corrected chi connectivity index (χ2v) is 10.1. The molecule has 0 spiro atoms. The van der Waals surface area contributed by atoms with E-state index in [1.54, 1.807) is 7.05 Å². The number of halogens is 1. The summed E-state index contributed by atoms with van der Waals surface area (Å²) in [4.78, 5) is 15.9. The number of piperazine rings is 1. The van der Waals surface area contributed by atoms with Gasteiger partial charge in [0.15, 0.2) is 5.95 Å². The Kier molecular flexibility index (Phi) is 9.82. The number of anilines is 1. The molecule has 0 aromatic carbocycles. The Bertz CT molecular complexity index is 1030. The molecular formula is C24H36FN7O2S. The number of nitrogens with zero attached hydrogens (tertiary/aromatic N) is 3. The van der Waals surface area contributed by atoms with Gasteiger partial charge in [-0.25, -0.2) is 0 Å². The Hall–Kier alpha value is -2.94. The molecule has 1 aromatic rings. The average Bonchev–Trinajstić information content (AvgIpc) is 3.23. The van der Waals surface area contributed by atoms with E-state index in [-0.39, 0.29) is 11.8 Å². The van der Waals surface area contributed by atoms with Gasteiger partial charge in [-0.3, -0.25) is 5.41 Å². The van der Waals surface area contributed by atoms with Gasteiger partial charge in [0.2, 0.25) is 0 Å². The molecule has 0 saturated carbocycles. The van der Waals surface area contributed by atoms with Crippen LogP contribution in [0.2, 0.25) is 0 Å². The van der Waals surface area contributed by atoms with Crippen LogP contribution in [-0.4, -0.2) is 73.4 Å². The lowest BCUT2D eigenvalue weighted by molar-refractivity contribution is -0.112. The van der Waals surface area contributed by atoms with Crippen LogP contribution < -0.4 is 16.8 Å². The number of hydrogen-bond acceptors (Lipinski definition) is 9. The second-order valence-electron chi connectivity index (χ2n) is 8.97. The molecule has 3 aliphatic rings. The molecule has 11 heteroatoms. The Morgan fingerprint density at radius 3 is 2.60 bits per heavy atom. The highest BCUT2D eigenvalue weighted by Gasteiger charge is 2.39. The van der Waals surface area contributed by atoms with Crippen molar-refractivity contribution in [3.05, 3.63) is 39.8 Å². The van der Waals surface area contributed by atoms with Crippen molar-refractivity contribution in [3.63, 3.8) is 0 Å². The molecule has 4 rings (SSSR count). The Morgan fingerprint density at radius 1 is 1.43 bits per heavy atom. The number of nitriles is 1. The highest BCUT2D eigenvalue weighted by molar-refractivity contribution is 7.16. The third-order valence-electron chi connectivity index (χ3n) is 6.60. The number of likely N-dealkylation sites (N-methyl/N-ethyl adjacent to an activating group) is 1. The summed E-state index contributed by atoms with van der Waals surface area (Å²) in [6, 6.07) is 1.66. The number of aldehydes is 1. The maximum atomic E-state index is 13.7. The quantitative estimate of drug-likeness (QED) is 0.181. The summed E-state index contributed by atoms with van der Waals surface area (Å²) < 4.78 is 13.7. The molecule has 9 nitrogen and oxygen atoms in total. The number of amidine groups is 1. The van der Waals surface area contributed by atoms with Crippen molar-refractivity contribution < 1.29 is 14.3 Å². The molecule has 1 aromatic heterocycles. The van der Waals surface area contributed by atoms with Gasteiger partial charge in [0.25, 0.3) is 0 Å². The second kappa shape index (κ2) is 12.2. The van der Waals surface area contributed by atoms with Gasteiger partial charge in [0.1, 0.15) is 29.2 Å². The van der Waals surface area contributed by atoms with Gasteiger partial charge >= 0.3 is 0 Å². The summed E-state index contributed by atoms with van der Waals surface area (Å²) in [5.41, 5.74) is 13.0. The number of nitrogen functional groups attached to an aromatic ring is 1. The van der Waals surface area contributed by atoms with Crippen LogP contribution in [0.15, 0.2) is 23.8 Å². The Morgan fingerprint density at radius 2 is 2.06 bits per heavy atom. The normalized spacial score (nSPS) is 25.4. The van der Waals surface area contributed by atoms with E-state index in [0.717, 1.165) is 68.6 Å². The van der Waals surface area contributed by atoms with E-state index in [2.05, 4.69) is 23.2 Å². The van der Waals surface area contributed by atoms with Crippen molar-refractivity contribution >= 4 is 28.5 Å². The molecule has 7 N–H and O–H groups in total. The Balaban J connectivity index is 0.000000231. The molecule has 3 heterocycles. The van der Waals surface area contributed by atoms with E-state index in [1.165, 1.54) is 22.3 Å². The highest BCUT2D eigenvalue weighted by atomic mass is 32.1. The topological polar surface area (TPSA) is 155 Å². The maximum absolute atomic E-state index is 13.7. The minimum Gasteiger partial charge on any atom is -0.400 e. The number of aliphatic hydroxyl groups is 1. The van der Waals surface area contributed by atoms with E-state index in [9.17, 15) is 9.18 Å². The summed E-state index contributed by atoms with van der Waals surface area (Å²) in [7, 11) is 2.60. The smallest absolute Gasteiger partial charge is 0.192 e. The van der Waals surface area contributed by atoms with Crippen molar-refractivity contribution in [2.24, 2.45) is 5.73 Å². The molecule has 1 saturated heterocycles. The number of nitrogens with two attached hydrogens (primary N) is 2. The van der Waals surface area contributed by atoms with Crippen molar-refractivity contribution in [1.29, 1.82) is 10.7 Å². The van der Waals surface area contributed by atoms with Crippen molar-refractivity contribution in [3.8, 4) is 6.07 Å². The molecule has 0 radical (unpaired) electrons. The van der Waals surface area contributed by atoms with E-state index in [1.807, 2.05) is 13.0 Å². The molecule has 0 bridgehead atoms. The van der Waals surface area contributed by atoms with Gasteiger partial charge in [-0.15, -0.1) is 11.3 Å². The summed E-state index contributed by atoms with van der Waals surface area (Å²) in [6.07, 6.45) is 6.09. The molecule has 0 amide bonds. The summed E-state index contributed by atoms with van der Waals surface area (Å²) in [6.45, 7) is 7.52. The van der Waals surface area contributed by atoms with Crippen LogP contribution in [0.3, 0.4) is 0 Å². The number of nitrogens with one attached hydrogen (secondary N) is 2. The van der Waals surface area contributed by atoms with Crippen LogP contribution in [0.25, 0.3) is 0 Å². The van der Waals surface area contributed by atoms with Gasteiger partial charge < -0.3 is 36.5 Å². The zero-order valence-electron chi connectivity index (χ0n) is 20.8. The zero-order chi connectivity index (χ0) is 26.3. The largest absolute Gasteiger partial charge is 0.400 e. The summed E-state index contributed by atoms with van der Waals surface area (Å²) in [5, 5.41) is 27.4. The van der Waals surface area contributed by atoms with Gasteiger partial charge in [-0.05, 0) is 37.3 Å². The fourth-order valence-electron chi connectivity index (χ4n) is 4.48. The summed E-state index contributed by atoms with van der Waals surface area (Å²) in [5.74, 6) is 0.0158. The molecule has 35 heavy (non-hydrogen) atoms. The van der Waals surface area contributed by atoms with Gasteiger partial charge in [0.05, 0.1) is 11.0 Å². The molecule has 2 aliphatic heterocycles. The predicted molar refractivity (Wildman–Crippen MR) is 138 cm³/mol. The van der Waals surface area contributed by atoms with Crippen LogP contribution >= 0.6 is 11.3 Å². The van der Waals surface area contributed by atoms with Crippen LogP contribution in [0.4, 0.5) is 9.39 Å². The number of thiophene rings is 1. The Labute approximate surface area is 210 Å². The minimum absolute atomic E-state index is 0.0385. The average molecular weight is 506 g/mol. The van der Waals surface area contributed by atoms with Gasteiger partial charge in [-0.2, -0.15) is 9.65 Å².